The van der Waals surface area contributed by atoms with Gasteiger partial charge in [-0.1, -0.05) is 71.5 Å². The second-order valence-electron chi connectivity index (χ2n) is 5.96. The summed E-state index contributed by atoms with van der Waals surface area (Å²) in [7, 11) is 0. The standard InChI is InChI=1S/C21H15ClN2OS/c1-13-7-12-17(22)19-18(13)23-21(26-19)24-20(25)16-10-8-15(9-11-16)14-5-3-2-4-6-14/h2-12H,1H3,(H,23,24,25). The third kappa shape index (κ3) is 3.21. The summed E-state index contributed by atoms with van der Waals surface area (Å²) in [6.07, 6.45) is 0. The fourth-order valence-electron chi connectivity index (χ4n) is 2.77. The Morgan fingerprint density at radius 1 is 0.962 bits per heavy atom. The fraction of sp³-hybridized carbons (Fsp3) is 0.0476. The van der Waals surface area contributed by atoms with Crippen molar-refractivity contribution in [3.63, 3.8) is 0 Å². The van der Waals surface area contributed by atoms with Crippen LogP contribution in [0.3, 0.4) is 0 Å². The van der Waals surface area contributed by atoms with Crippen molar-refractivity contribution < 1.29 is 4.79 Å². The summed E-state index contributed by atoms with van der Waals surface area (Å²) in [6.45, 7) is 1.98. The number of rotatable bonds is 3. The highest BCUT2D eigenvalue weighted by molar-refractivity contribution is 7.23. The van der Waals surface area contributed by atoms with Gasteiger partial charge in [0.25, 0.3) is 5.91 Å². The Balaban J connectivity index is 1.57. The molecule has 0 saturated heterocycles. The van der Waals surface area contributed by atoms with Gasteiger partial charge in [-0.15, -0.1) is 0 Å². The van der Waals surface area contributed by atoms with Gasteiger partial charge in [0.15, 0.2) is 5.13 Å². The van der Waals surface area contributed by atoms with E-state index >= 15 is 0 Å². The van der Waals surface area contributed by atoms with Gasteiger partial charge in [-0.25, -0.2) is 4.98 Å². The molecule has 0 atom stereocenters. The van der Waals surface area contributed by atoms with E-state index in [1.54, 1.807) is 0 Å². The van der Waals surface area contributed by atoms with Crippen LogP contribution in [0.5, 0.6) is 0 Å². The molecule has 0 bridgehead atoms. The highest BCUT2D eigenvalue weighted by Gasteiger charge is 2.13. The van der Waals surface area contributed by atoms with Crippen molar-refractivity contribution in [3.8, 4) is 11.1 Å². The van der Waals surface area contributed by atoms with Crippen LogP contribution in [0.15, 0.2) is 66.7 Å². The van der Waals surface area contributed by atoms with Gasteiger partial charge in [0.05, 0.1) is 15.2 Å². The van der Waals surface area contributed by atoms with Crippen molar-refractivity contribution in [3.05, 3.63) is 82.9 Å². The number of carbonyl (C=O) groups excluding carboxylic acids is 1. The van der Waals surface area contributed by atoms with Crippen molar-refractivity contribution in [2.75, 3.05) is 5.32 Å². The summed E-state index contributed by atoms with van der Waals surface area (Å²) in [5.74, 6) is -0.183. The molecule has 0 spiro atoms. The predicted octanol–water partition coefficient (Wildman–Crippen LogP) is 6.18. The van der Waals surface area contributed by atoms with Crippen molar-refractivity contribution >= 4 is 44.2 Å². The number of halogens is 1. The average Bonchev–Trinajstić information content (AvgIpc) is 3.11. The lowest BCUT2D eigenvalue weighted by atomic mass is 10.0. The largest absolute Gasteiger partial charge is 0.298 e. The van der Waals surface area contributed by atoms with Gasteiger partial charge in [-0.05, 0) is 41.8 Å². The Morgan fingerprint density at radius 2 is 1.65 bits per heavy atom. The minimum Gasteiger partial charge on any atom is -0.298 e. The van der Waals surface area contributed by atoms with E-state index in [0.29, 0.717) is 15.7 Å². The highest BCUT2D eigenvalue weighted by atomic mass is 35.5. The first-order chi connectivity index (χ1) is 12.6. The molecule has 4 aromatic rings. The molecular weight excluding hydrogens is 364 g/mol. The van der Waals surface area contributed by atoms with Gasteiger partial charge in [-0.2, -0.15) is 0 Å². The molecule has 1 amide bonds. The Kier molecular flexibility index (Phi) is 4.45. The Morgan fingerprint density at radius 3 is 2.35 bits per heavy atom. The number of aromatic nitrogens is 1. The number of nitrogens with zero attached hydrogens (tertiary/aromatic N) is 1. The number of hydrogen-bond acceptors (Lipinski definition) is 3. The smallest absolute Gasteiger partial charge is 0.257 e. The van der Waals surface area contributed by atoms with Crippen LogP contribution in [0.1, 0.15) is 15.9 Å². The number of thiazole rings is 1. The van der Waals surface area contributed by atoms with Gasteiger partial charge in [0.1, 0.15) is 0 Å². The lowest BCUT2D eigenvalue weighted by Gasteiger charge is -2.04. The van der Waals surface area contributed by atoms with Gasteiger partial charge in [0, 0.05) is 5.56 Å². The van der Waals surface area contributed by atoms with Crippen LogP contribution in [0.4, 0.5) is 5.13 Å². The van der Waals surface area contributed by atoms with Crippen LogP contribution in [0, 0.1) is 6.92 Å². The van der Waals surface area contributed by atoms with Crippen LogP contribution in [-0.4, -0.2) is 10.9 Å². The molecule has 0 aliphatic rings. The van der Waals surface area contributed by atoms with Gasteiger partial charge in [-0.3, -0.25) is 10.1 Å². The molecule has 1 N–H and O–H groups in total. The maximum atomic E-state index is 12.5. The van der Waals surface area contributed by atoms with Gasteiger partial charge in [0.2, 0.25) is 0 Å². The van der Waals surface area contributed by atoms with Crippen molar-refractivity contribution in [2.24, 2.45) is 0 Å². The topological polar surface area (TPSA) is 42.0 Å². The van der Waals surface area contributed by atoms with E-state index in [-0.39, 0.29) is 5.91 Å². The number of aryl methyl sites for hydroxylation is 1. The maximum Gasteiger partial charge on any atom is 0.257 e. The molecule has 3 aromatic carbocycles. The number of amides is 1. The lowest BCUT2D eigenvalue weighted by molar-refractivity contribution is 0.102. The van der Waals surface area contributed by atoms with E-state index in [9.17, 15) is 4.79 Å². The van der Waals surface area contributed by atoms with Crippen LogP contribution in [0.25, 0.3) is 21.3 Å². The monoisotopic (exact) mass is 378 g/mol. The minimum atomic E-state index is -0.183. The molecule has 0 unspecified atom stereocenters. The zero-order valence-corrected chi connectivity index (χ0v) is 15.6. The third-order valence-electron chi connectivity index (χ3n) is 4.17. The second-order valence-corrected chi connectivity index (χ2v) is 7.36. The van der Waals surface area contributed by atoms with E-state index in [2.05, 4.69) is 10.3 Å². The molecular formula is C21H15ClN2OS. The maximum absolute atomic E-state index is 12.5. The molecule has 1 heterocycles. The number of benzene rings is 3. The van der Waals surface area contributed by atoms with E-state index in [1.165, 1.54) is 11.3 Å². The number of hydrogen-bond donors (Lipinski definition) is 1. The zero-order chi connectivity index (χ0) is 18.1. The van der Waals surface area contributed by atoms with E-state index in [1.807, 2.05) is 73.7 Å². The summed E-state index contributed by atoms with van der Waals surface area (Å²) in [4.78, 5) is 17.0. The van der Waals surface area contributed by atoms with Crippen molar-refractivity contribution in [1.82, 2.24) is 4.98 Å². The molecule has 0 aliphatic carbocycles. The van der Waals surface area contributed by atoms with Crippen LogP contribution >= 0.6 is 22.9 Å². The van der Waals surface area contributed by atoms with Crippen LogP contribution in [-0.2, 0) is 0 Å². The summed E-state index contributed by atoms with van der Waals surface area (Å²) < 4.78 is 0.890. The first kappa shape index (κ1) is 16.8. The minimum absolute atomic E-state index is 0.183. The normalized spacial score (nSPS) is 10.8. The lowest BCUT2D eigenvalue weighted by Crippen LogP contribution is -2.11. The quantitative estimate of drug-likeness (QED) is 0.462. The second kappa shape index (κ2) is 6.90. The van der Waals surface area contributed by atoms with E-state index in [0.717, 1.165) is 26.9 Å². The zero-order valence-electron chi connectivity index (χ0n) is 14.0. The molecule has 0 saturated carbocycles. The molecule has 1 aromatic heterocycles. The third-order valence-corrected chi connectivity index (χ3v) is 5.60. The van der Waals surface area contributed by atoms with Crippen molar-refractivity contribution in [2.45, 2.75) is 6.92 Å². The van der Waals surface area contributed by atoms with Crippen LogP contribution < -0.4 is 5.32 Å². The number of fused-ring (bicyclic) bond motifs is 1. The fourth-order valence-corrected chi connectivity index (χ4v) is 3.98. The predicted molar refractivity (Wildman–Crippen MR) is 109 cm³/mol. The Labute approximate surface area is 160 Å². The summed E-state index contributed by atoms with van der Waals surface area (Å²) >= 11 is 7.62. The number of anilines is 1. The molecule has 0 aliphatic heterocycles. The highest BCUT2D eigenvalue weighted by Crippen LogP contribution is 2.34. The molecule has 4 rings (SSSR count). The molecule has 3 nitrogen and oxygen atoms in total. The summed E-state index contributed by atoms with van der Waals surface area (Å²) in [5, 5.41) is 4.07. The molecule has 0 radical (unpaired) electrons. The number of nitrogens with one attached hydrogen (secondary N) is 1. The summed E-state index contributed by atoms with van der Waals surface area (Å²) in [5.41, 5.74) is 4.65. The van der Waals surface area contributed by atoms with Gasteiger partial charge < -0.3 is 0 Å². The first-order valence-corrected chi connectivity index (χ1v) is 9.34. The summed E-state index contributed by atoms with van der Waals surface area (Å²) in [6, 6.07) is 21.4. The Hall–Kier alpha value is -2.69. The average molecular weight is 379 g/mol. The van der Waals surface area contributed by atoms with Crippen molar-refractivity contribution in [1.29, 1.82) is 0 Å². The molecule has 5 heteroatoms. The Bertz CT molecular complexity index is 1050. The molecule has 26 heavy (non-hydrogen) atoms. The van der Waals surface area contributed by atoms with Crippen LogP contribution in [0.2, 0.25) is 5.02 Å². The molecule has 0 fully saturated rings. The molecule has 128 valence electrons. The number of carbonyl (C=O) groups is 1. The first-order valence-electron chi connectivity index (χ1n) is 8.14. The van der Waals surface area contributed by atoms with E-state index in [4.69, 9.17) is 11.6 Å². The van der Waals surface area contributed by atoms with E-state index < -0.39 is 0 Å². The van der Waals surface area contributed by atoms with Gasteiger partial charge >= 0.3 is 0 Å². The SMILES string of the molecule is Cc1ccc(Cl)c2sc(NC(=O)c3ccc(-c4ccccc4)cc3)nc12.